The van der Waals surface area contributed by atoms with Crippen LogP contribution in [0.4, 0.5) is 0 Å². The van der Waals surface area contributed by atoms with Gasteiger partial charge in [0.05, 0.1) is 0 Å². The Morgan fingerprint density at radius 1 is 1.07 bits per heavy atom. The number of benzene rings is 2. The number of aromatic nitrogens is 1. The van der Waals surface area contributed by atoms with E-state index in [1.165, 1.54) is 16.7 Å². The van der Waals surface area contributed by atoms with Crippen LogP contribution in [0.2, 0.25) is 0 Å². The third kappa shape index (κ3) is 5.14. The van der Waals surface area contributed by atoms with E-state index in [1.54, 1.807) is 0 Å². The Balaban J connectivity index is 1.30. The van der Waals surface area contributed by atoms with E-state index in [0.717, 1.165) is 43.5 Å². The molecule has 1 fully saturated rings. The van der Waals surface area contributed by atoms with Gasteiger partial charge in [0.2, 0.25) is 5.88 Å². The van der Waals surface area contributed by atoms with Crippen LogP contribution in [-0.2, 0) is 17.9 Å². The number of carbonyl (C=O) groups is 1. The first-order valence-electron chi connectivity index (χ1n) is 10.6. The molecule has 30 heavy (non-hydrogen) atoms. The van der Waals surface area contributed by atoms with E-state index in [0.29, 0.717) is 24.2 Å². The Morgan fingerprint density at radius 3 is 2.67 bits per heavy atom. The van der Waals surface area contributed by atoms with Gasteiger partial charge in [-0.1, -0.05) is 54.6 Å². The molecule has 0 saturated heterocycles. The number of nitrogens with one attached hydrogen (secondary N) is 1. The second kappa shape index (κ2) is 9.68. The van der Waals surface area contributed by atoms with E-state index in [-0.39, 0.29) is 0 Å². The van der Waals surface area contributed by atoms with Gasteiger partial charge in [0.15, 0.2) is 0 Å². The van der Waals surface area contributed by atoms with Crippen molar-refractivity contribution in [3.05, 3.63) is 83.6 Å². The highest BCUT2D eigenvalue weighted by molar-refractivity contribution is 5.80. The first-order valence-corrected chi connectivity index (χ1v) is 10.6. The summed E-state index contributed by atoms with van der Waals surface area (Å²) in [4.78, 5) is 15.8. The lowest BCUT2D eigenvalue weighted by molar-refractivity contribution is -0.117. The summed E-state index contributed by atoms with van der Waals surface area (Å²) in [5.74, 6) is 1.52. The van der Waals surface area contributed by atoms with E-state index in [9.17, 15) is 4.79 Å². The maximum absolute atomic E-state index is 11.3. The predicted octanol–water partition coefficient (Wildman–Crippen LogP) is 5.09. The molecular weight excluding hydrogens is 372 g/mol. The Morgan fingerprint density at radius 2 is 1.93 bits per heavy atom. The Bertz CT molecular complexity index is 984. The van der Waals surface area contributed by atoms with Crippen molar-refractivity contribution < 1.29 is 9.53 Å². The van der Waals surface area contributed by atoms with Crippen LogP contribution in [0.1, 0.15) is 36.0 Å². The molecule has 1 heterocycles. The molecule has 154 valence electrons. The van der Waals surface area contributed by atoms with Crippen LogP contribution >= 0.6 is 0 Å². The van der Waals surface area contributed by atoms with E-state index in [2.05, 4.69) is 59.7 Å². The number of rotatable bonds is 8. The molecule has 0 radical (unpaired) electrons. The van der Waals surface area contributed by atoms with Crippen molar-refractivity contribution in [2.45, 2.75) is 39.3 Å². The molecule has 1 saturated carbocycles. The second-order valence-corrected chi connectivity index (χ2v) is 8.03. The lowest BCUT2D eigenvalue weighted by Crippen LogP contribution is -2.21. The van der Waals surface area contributed by atoms with Crippen LogP contribution in [0.3, 0.4) is 0 Å². The number of ether oxygens (including phenoxy) is 1. The summed E-state index contributed by atoms with van der Waals surface area (Å²) < 4.78 is 5.95. The van der Waals surface area contributed by atoms with Gasteiger partial charge in [-0.25, -0.2) is 4.98 Å². The maximum atomic E-state index is 11.3. The van der Waals surface area contributed by atoms with Crippen molar-refractivity contribution in [3.8, 4) is 17.0 Å². The largest absolute Gasteiger partial charge is 0.473 e. The second-order valence-electron chi connectivity index (χ2n) is 8.03. The Kier molecular flexibility index (Phi) is 6.55. The van der Waals surface area contributed by atoms with Crippen LogP contribution in [0, 0.1) is 12.8 Å². The molecular formula is C26H28N2O2. The fourth-order valence-corrected chi connectivity index (χ4v) is 4.01. The zero-order valence-electron chi connectivity index (χ0n) is 17.4. The average Bonchev–Trinajstić information content (AvgIpc) is 3.19. The van der Waals surface area contributed by atoms with Gasteiger partial charge >= 0.3 is 0 Å². The quantitative estimate of drug-likeness (QED) is 0.572. The summed E-state index contributed by atoms with van der Waals surface area (Å²) in [6.07, 6.45) is 4.34. The van der Waals surface area contributed by atoms with Crippen LogP contribution in [0.5, 0.6) is 5.88 Å². The minimum absolute atomic E-state index is 0.398. The van der Waals surface area contributed by atoms with E-state index < -0.39 is 0 Å². The third-order valence-corrected chi connectivity index (χ3v) is 5.81. The summed E-state index contributed by atoms with van der Waals surface area (Å²) in [7, 11) is 0. The third-order valence-electron chi connectivity index (χ3n) is 5.81. The number of hydrogen-bond acceptors (Lipinski definition) is 4. The van der Waals surface area contributed by atoms with Gasteiger partial charge in [0.25, 0.3) is 0 Å². The molecule has 1 N–H and O–H groups in total. The number of Topliss-reactive ketones (excluding diaryl/α,β-unsaturated/α-hetero) is 1. The molecule has 2 aromatic carbocycles. The highest BCUT2D eigenvalue weighted by atomic mass is 16.5. The first kappa shape index (κ1) is 20.3. The minimum atomic E-state index is 0.398. The SMILES string of the molecule is Cc1c(COc2ccc(CNCC3CCC(=O)C3)cn2)cccc1-c1ccccc1. The summed E-state index contributed by atoms with van der Waals surface area (Å²) in [5.41, 5.74) is 5.96. The fourth-order valence-electron chi connectivity index (χ4n) is 4.01. The number of carbonyl (C=O) groups excluding carboxylic acids is 1. The molecule has 1 unspecified atom stereocenters. The van der Waals surface area contributed by atoms with E-state index >= 15 is 0 Å². The molecule has 4 nitrogen and oxygen atoms in total. The van der Waals surface area contributed by atoms with Gasteiger partial charge in [-0.05, 0) is 53.6 Å². The highest BCUT2D eigenvalue weighted by Gasteiger charge is 2.21. The van der Waals surface area contributed by atoms with Gasteiger partial charge in [-0.15, -0.1) is 0 Å². The van der Waals surface area contributed by atoms with Gasteiger partial charge < -0.3 is 10.1 Å². The van der Waals surface area contributed by atoms with Gasteiger partial charge in [0, 0.05) is 31.6 Å². The summed E-state index contributed by atoms with van der Waals surface area (Å²) in [6, 6.07) is 20.7. The van der Waals surface area contributed by atoms with Crippen molar-refractivity contribution in [1.82, 2.24) is 10.3 Å². The van der Waals surface area contributed by atoms with Crippen LogP contribution < -0.4 is 10.1 Å². The number of nitrogens with zero attached hydrogens (tertiary/aromatic N) is 1. The standard InChI is InChI=1S/C26H28N2O2/c1-19-23(8-5-9-25(19)22-6-3-2-4-7-22)18-30-26-13-11-21(17-28-26)16-27-15-20-10-12-24(29)14-20/h2-9,11,13,17,20,27H,10,12,14-16,18H2,1H3. The maximum Gasteiger partial charge on any atom is 0.213 e. The number of hydrogen-bond donors (Lipinski definition) is 1. The van der Waals surface area contributed by atoms with Gasteiger partial charge in [-0.3, -0.25) is 4.79 Å². The molecule has 1 atom stereocenters. The first-order chi connectivity index (χ1) is 14.7. The zero-order chi connectivity index (χ0) is 20.8. The van der Waals surface area contributed by atoms with Crippen molar-refractivity contribution in [2.24, 2.45) is 5.92 Å². The molecule has 3 aromatic rings. The predicted molar refractivity (Wildman–Crippen MR) is 119 cm³/mol. The lowest BCUT2D eigenvalue weighted by atomic mass is 9.97. The van der Waals surface area contributed by atoms with Crippen LogP contribution in [0.25, 0.3) is 11.1 Å². The molecule has 4 rings (SSSR count). The lowest BCUT2D eigenvalue weighted by Gasteiger charge is -2.13. The highest BCUT2D eigenvalue weighted by Crippen LogP contribution is 2.26. The number of pyridine rings is 1. The minimum Gasteiger partial charge on any atom is -0.473 e. The van der Waals surface area contributed by atoms with Crippen LogP contribution in [-0.4, -0.2) is 17.3 Å². The van der Waals surface area contributed by atoms with E-state index in [1.807, 2.05) is 24.4 Å². The molecule has 0 spiro atoms. The smallest absolute Gasteiger partial charge is 0.213 e. The Hall–Kier alpha value is -2.98. The molecule has 4 heteroatoms. The van der Waals surface area contributed by atoms with Crippen molar-refractivity contribution >= 4 is 5.78 Å². The monoisotopic (exact) mass is 400 g/mol. The molecule has 1 aliphatic carbocycles. The van der Waals surface area contributed by atoms with Gasteiger partial charge in [0.1, 0.15) is 12.4 Å². The summed E-state index contributed by atoms with van der Waals surface area (Å²) in [6.45, 7) is 4.28. The van der Waals surface area contributed by atoms with Crippen molar-refractivity contribution in [3.63, 3.8) is 0 Å². The van der Waals surface area contributed by atoms with Crippen molar-refractivity contribution in [2.75, 3.05) is 6.54 Å². The van der Waals surface area contributed by atoms with Crippen molar-refractivity contribution in [1.29, 1.82) is 0 Å². The molecule has 1 aliphatic rings. The zero-order valence-corrected chi connectivity index (χ0v) is 17.4. The molecule has 0 aliphatic heterocycles. The Labute approximate surface area is 178 Å². The fraction of sp³-hybridized carbons (Fsp3) is 0.308. The molecule has 1 aromatic heterocycles. The van der Waals surface area contributed by atoms with E-state index in [4.69, 9.17) is 4.74 Å². The summed E-state index contributed by atoms with van der Waals surface area (Å²) >= 11 is 0. The number of ketones is 1. The normalized spacial score (nSPS) is 16.0. The van der Waals surface area contributed by atoms with Crippen LogP contribution in [0.15, 0.2) is 66.9 Å². The molecule has 0 bridgehead atoms. The van der Waals surface area contributed by atoms with Gasteiger partial charge in [-0.2, -0.15) is 0 Å². The summed E-state index contributed by atoms with van der Waals surface area (Å²) in [5, 5.41) is 3.44. The molecule has 0 amide bonds. The topological polar surface area (TPSA) is 51.2 Å². The average molecular weight is 401 g/mol.